The monoisotopic (exact) mass is 370 g/mol. The number of thiazole rings is 1. The zero-order chi connectivity index (χ0) is 14.8. The number of ether oxygens (including phenoxy) is 1. The number of aryl methyl sites for hydroxylation is 1. The molecule has 0 N–H and O–H groups in total. The molecule has 2 aromatic rings. The number of aromatic nitrogens is 1. The van der Waals surface area contributed by atoms with Crippen molar-refractivity contribution in [3.63, 3.8) is 0 Å². The number of halogens is 2. The van der Waals surface area contributed by atoms with Crippen LogP contribution in [0.15, 0.2) is 28.9 Å². The van der Waals surface area contributed by atoms with E-state index in [1.165, 1.54) is 17.1 Å². The van der Waals surface area contributed by atoms with Crippen molar-refractivity contribution in [3.8, 4) is 5.75 Å². The second-order valence-electron chi connectivity index (χ2n) is 5.10. The summed E-state index contributed by atoms with van der Waals surface area (Å²) in [5.74, 6) is 0.313. The topological polar surface area (TPSA) is 25.4 Å². The van der Waals surface area contributed by atoms with Crippen LogP contribution < -0.4 is 9.64 Å². The van der Waals surface area contributed by atoms with Crippen molar-refractivity contribution in [3.05, 3.63) is 39.7 Å². The van der Waals surface area contributed by atoms with Crippen LogP contribution in [-0.2, 0) is 0 Å². The maximum absolute atomic E-state index is 13.3. The summed E-state index contributed by atoms with van der Waals surface area (Å²) in [6.07, 6.45) is 3.93. The van der Waals surface area contributed by atoms with Gasteiger partial charge in [0.1, 0.15) is 22.7 Å². The van der Waals surface area contributed by atoms with Crippen molar-refractivity contribution < 1.29 is 9.13 Å². The molecule has 21 heavy (non-hydrogen) atoms. The summed E-state index contributed by atoms with van der Waals surface area (Å²) in [7, 11) is 0. The highest BCUT2D eigenvalue weighted by atomic mass is 79.9. The standard InChI is InChI=1S/C15H16BrFN2OS/c1-10-18-9-15(21-10)19-6-4-12(5-7-19)20-14-8-11(17)2-3-13(14)16/h2-3,8-9,12H,4-7H2,1H3. The highest BCUT2D eigenvalue weighted by Gasteiger charge is 2.22. The van der Waals surface area contributed by atoms with Gasteiger partial charge in [-0.25, -0.2) is 9.37 Å². The Labute approximate surface area is 135 Å². The SMILES string of the molecule is Cc1ncc(N2CCC(Oc3cc(F)ccc3Br)CC2)s1. The number of rotatable bonds is 3. The Balaban J connectivity index is 1.60. The largest absolute Gasteiger partial charge is 0.489 e. The van der Waals surface area contributed by atoms with Crippen molar-refractivity contribution in [2.24, 2.45) is 0 Å². The van der Waals surface area contributed by atoms with Gasteiger partial charge in [-0.05, 0) is 35.0 Å². The Morgan fingerprint density at radius 2 is 2.14 bits per heavy atom. The van der Waals surface area contributed by atoms with E-state index in [1.807, 2.05) is 13.1 Å². The van der Waals surface area contributed by atoms with Crippen LogP contribution in [0.2, 0.25) is 0 Å². The molecule has 1 aromatic heterocycles. The van der Waals surface area contributed by atoms with Crippen molar-refractivity contribution in [1.29, 1.82) is 0 Å². The van der Waals surface area contributed by atoms with E-state index in [2.05, 4.69) is 25.8 Å². The van der Waals surface area contributed by atoms with Crippen molar-refractivity contribution in [2.75, 3.05) is 18.0 Å². The Morgan fingerprint density at radius 3 is 2.81 bits per heavy atom. The van der Waals surface area contributed by atoms with Crippen LogP contribution in [0.25, 0.3) is 0 Å². The molecular formula is C15H16BrFN2OS. The number of benzene rings is 1. The average Bonchev–Trinajstić information content (AvgIpc) is 2.90. The van der Waals surface area contributed by atoms with Gasteiger partial charge in [-0.2, -0.15) is 0 Å². The van der Waals surface area contributed by atoms with E-state index in [1.54, 1.807) is 17.4 Å². The van der Waals surface area contributed by atoms with Crippen LogP contribution in [0, 0.1) is 12.7 Å². The average molecular weight is 371 g/mol. The minimum absolute atomic E-state index is 0.133. The molecule has 1 aromatic carbocycles. The van der Waals surface area contributed by atoms with Crippen molar-refractivity contribution in [2.45, 2.75) is 25.9 Å². The Morgan fingerprint density at radius 1 is 1.38 bits per heavy atom. The lowest BCUT2D eigenvalue weighted by atomic mass is 10.1. The third-order valence-corrected chi connectivity index (χ3v) is 5.18. The van der Waals surface area contributed by atoms with Gasteiger partial charge in [-0.1, -0.05) is 0 Å². The lowest BCUT2D eigenvalue weighted by Crippen LogP contribution is -2.37. The van der Waals surface area contributed by atoms with Gasteiger partial charge in [0.2, 0.25) is 0 Å². The molecule has 0 unspecified atom stereocenters. The van der Waals surface area contributed by atoms with E-state index in [0.29, 0.717) is 5.75 Å². The van der Waals surface area contributed by atoms with Gasteiger partial charge >= 0.3 is 0 Å². The number of hydrogen-bond acceptors (Lipinski definition) is 4. The molecule has 0 spiro atoms. The van der Waals surface area contributed by atoms with Gasteiger partial charge < -0.3 is 9.64 Å². The van der Waals surface area contributed by atoms with Gasteiger partial charge in [0.15, 0.2) is 0 Å². The van der Waals surface area contributed by atoms with Gasteiger partial charge in [0.05, 0.1) is 15.7 Å². The zero-order valence-electron chi connectivity index (χ0n) is 11.7. The van der Waals surface area contributed by atoms with Crippen LogP contribution in [0.4, 0.5) is 9.39 Å². The first kappa shape index (κ1) is 14.8. The molecule has 1 saturated heterocycles. The molecule has 0 bridgehead atoms. The van der Waals surface area contributed by atoms with Crippen LogP contribution in [-0.4, -0.2) is 24.2 Å². The summed E-state index contributed by atoms with van der Waals surface area (Å²) >= 11 is 5.12. The van der Waals surface area contributed by atoms with Crippen molar-refractivity contribution in [1.82, 2.24) is 4.98 Å². The number of anilines is 1. The molecule has 3 nitrogen and oxygen atoms in total. The van der Waals surface area contributed by atoms with E-state index < -0.39 is 0 Å². The fourth-order valence-corrected chi connectivity index (χ4v) is 3.60. The quantitative estimate of drug-likeness (QED) is 0.800. The highest BCUT2D eigenvalue weighted by molar-refractivity contribution is 9.10. The lowest BCUT2D eigenvalue weighted by Gasteiger charge is -2.32. The minimum Gasteiger partial charge on any atom is -0.489 e. The summed E-state index contributed by atoms with van der Waals surface area (Å²) < 4.78 is 20.0. The molecule has 1 fully saturated rings. The maximum Gasteiger partial charge on any atom is 0.136 e. The van der Waals surface area contributed by atoms with Gasteiger partial charge in [0.25, 0.3) is 0 Å². The fraction of sp³-hybridized carbons (Fsp3) is 0.400. The predicted molar refractivity (Wildman–Crippen MR) is 86.8 cm³/mol. The molecule has 6 heteroatoms. The van der Waals surface area contributed by atoms with E-state index in [9.17, 15) is 4.39 Å². The molecule has 3 rings (SSSR count). The normalized spacial score (nSPS) is 16.2. The third kappa shape index (κ3) is 3.55. The minimum atomic E-state index is -0.272. The van der Waals surface area contributed by atoms with Crippen LogP contribution in [0.1, 0.15) is 17.8 Å². The van der Waals surface area contributed by atoms with Gasteiger partial charge in [0, 0.05) is 32.0 Å². The smallest absolute Gasteiger partial charge is 0.136 e. The van der Waals surface area contributed by atoms with E-state index in [4.69, 9.17) is 4.74 Å². The zero-order valence-corrected chi connectivity index (χ0v) is 14.1. The summed E-state index contributed by atoms with van der Waals surface area (Å²) in [5.41, 5.74) is 0. The van der Waals surface area contributed by atoms with Gasteiger partial charge in [-0.15, -0.1) is 11.3 Å². The second kappa shape index (κ2) is 6.32. The first-order chi connectivity index (χ1) is 10.1. The summed E-state index contributed by atoms with van der Waals surface area (Å²) in [4.78, 5) is 6.64. The first-order valence-electron chi connectivity index (χ1n) is 6.91. The van der Waals surface area contributed by atoms with Crippen LogP contribution in [0.3, 0.4) is 0 Å². The predicted octanol–water partition coefficient (Wildman–Crippen LogP) is 4.40. The Bertz CT molecular complexity index is 626. The number of hydrogen-bond donors (Lipinski definition) is 0. The van der Waals surface area contributed by atoms with E-state index in [0.717, 1.165) is 35.4 Å². The number of nitrogens with zero attached hydrogens (tertiary/aromatic N) is 2. The van der Waals surface area contributed by atoms with Crippen LogP contribution >= 0.6 is 27.3 Å². The molecular weight excluding hydrogens is 355 g/mol. The molecule has 112 valence electrons. The fourth-order valence-electron chi connectivity index (χ4n) is 2.44. The summed E-state index contributed by atoms with van der Waals surface area (Å²) in [5, 5.41) is 2.31. The molecule has 0 atom stereocenters. The number of piperidine rings is 1. The first-order valence-corrected chi connectivity index (χ1v) is 8.52. The van der Waals surface area contributed by atoms with Crippen LogP contribution in [0.5, 0.6) is 5.75 Å². The molecule has 0 aliphatic carbocycles. The second-order valence-corrected chi connectivity index (χ2v) is 7.16. The molecule has 2 heterocycles. The van der Waals surface area contributed by atoms with Gasteiger partial charge in [-0.3, -0.25) is 0 Å². The summed E-state index contributed by atoms with van der Waals surface area (Å²) in [6, 6.07) is 4.54. The molecule has 1 aliphatic heterocycles. The third-order valence-electron chi connectivity index (χ3n) is 3.55. The van der Waals surface area contributed by atoms with E-state index in [-0.39, 0.29) is 11.9 Å². The van der Waals surface area contributed by atoms with E-state index >= 15 is 0 Å². The Kier molecular flexibility index (Phi) is 4.45. The molecule has 1 aliphatic rings. The Hall–Kier alpha value is -1.14. The molecule has 0 amide bonds. The van der Waals surface area contributed by atoms with Crippen molar-refractivity contribution >= 4 is 32.3 Å². The maximum atomic E-state index is 13.3. The molecule has 0 saturated carbocycles. The summed E-state index contributed by atoms with van der Waals surface area (Å²) in [6.45, 7) is 3.91. The highest BCUT2D eigenvalue weighted by Crippen LogP contribution is 2.30. The lowest BCUT2D eigenvalue weighted by molar-refractivity contribution is 0.169. The molecule has 0 radical (unpaired) electrons.